The first kappa shape index (κ1) is 9.20. The monoisotopic (exact) mass is 182 g/mol. The van der Waals surface area contributed by atoms with Gasteiger partial charge in [0.05, 0.1) is 5.60 Å². The lowest BCUT2D eigenvalue weighted by molar-refractivity contribution is -0.232. The Morgan fingerprint density at radius 1 is 1.31 bits per heavy atom. The molecule has 2 unspecified atom stereocenters. The molecule has 2 rings (SSSR count). The molecule has 2 heteroatoms. The second kappa shape index (κ2) is 2.81. The zero-order valence-corrected chi connectivity index (χ0v) is 8.51. The van der Waals surface area contributed by atoms with Gasteiger partial charge in [-0.1, -0.05) is 13.8 Å². The predicted molar refractivity (Wildman–Crippen MR) is 50.5 cm³/mol. The van der Waals surface area contributed by atoms with Crippen LogP contribution in [-0.4, -0.2) is 18.0 Å². The molecule has 74 valence electrons. The molecule has 0 aromatic heterocycles. The first-order valence-corrected chi connectivity index (χ1v) is 5.23. The second-order valence-corrected chi connectivity index (χ2v) is 5.06. The standard InChI is InChI=1S/C11H18O2/c1-10(2)6-7-11(10)5-3-4-9(8-12)13-11/h8-9H,3-7H2,1-2H3. The molecule has 2 atom stereocenters. The first-order valence-electron chi connectivity index (χ1n) is 5.23. The third-order valence-corrected chi connectivity index (χ3v) is 3.99. The highest BCUT2D eigenvalue weighted by Gasteiger charge is 2.55. The van der Waals surface area contributed by atoms with E-state index in [1.807, 2.05) is 0 Å². The Hall–Kier alpha value is -0.370. The van der Waals surface area contributed by atoms with Gasteiger partial charge in [0, 0.05) is 0 Å². The molecule has 0 radical (unpaired) electrons. The molecule has 1 spiro atoms. The molecule has 0 amide bonds. The Balaban J connectivity index is 2.11. The zero-order valence-electron chi connectivity index (χ0n) is 8.51. The molecule has 2 fully saturated rings. The highest BCUT2D eigenvalue weighted by atomic mass is 16.5. The summed E-state index contributed by atoms with van der Waals surface area (Å²) in [6, 6.07) is 0. The van der Waals surface area contributed by atoms with E-state index in [9.17, 15) is 4.79 Å². The fourth-order valence-electron chi connectivity index (χ4n) is 2.68. The van der Waals surface area contributed by atoms with Gasteiger partial charge in [0.2, 0.25) is 0 Å². The molecule has 1 aliphatic heterocycles. The summed E-state index contributed by atoms with van der Waals surface area (Å²) in [7, 11) is 0. The van der Waals surface area contributed by atoms with Crippen LogP contribution in [0, 0.1) is 5.41 Å². The van der Waals surface area contributed by atoms with Crippen LogP contribution >= 0.6 is 0 Å². The lowest BCUT2D eigenvalue weighted by atomic mass is 9.56. The van der Waals surface area contributed by atoms with E-state index in [4.69, 9.17) is 4.74 Å². The van der Waals surface area contributed by atoms with Crippen LogP contribution in [-0.2, 0) is 9.53 Å². The van der Waals surface area contributed by atoms with Gasteiger partial charge < -0.3 is 9.53 Å². The fourth-order valence-corrected chi connectivity index (χ4v) is 2.68. The van der Waals surface area contributed by atoms with Crippen molar-refractivity contribution in [3.63, 3.8) is 0 Å². The largest absolute Gasteiger partial charge is 0.364 e. The Kier molecular flexibility index (Phi) is 1.99. The summed E-state index contributed by atoms with van der Waals surface area (Å²) in [5.41, 5.74) is 0.325. The summed E-state index contributed by atoms with van der Waals surface area (Å²) in [5.74, 6) is 0. The maximum Gasteiger partial charge on any atom is 0.148 e. The smallest absolute Gasteiger partial charge is 0.148 e. The predicted octanol–water partition coefficient (Wildman–Crippen LogP) is 2.31. The van der Waals surface area contributed by atoms with E-state index in [0.29, 0.717) is 0 Å². The molecule has 1 heterocycles. The molecule has 0 N–H and O–H groups in total. The van der Waals surface area contributed by atoms with E-state index in [0.717, 1.165) is 32.0 Å². The minimum atomic E-state index is -0.131. The number of carbonyl (C=O) groups excluding carboxylic acids is 1. The maximum absolute atomic E-state index is 10.7. The van der Waals surface area contributed by atoms with Crippen LogP contribution in [0.4, 0.5) is 0 Å². The molecule has 0 aromatic rings. The molecule has 0 aromatic carbocycles. The van der Waals surface area contributed by atoms with Crippen molar-refractivity contribution in [2.75, 3.05) is 0 Å². The Morgan fingerprint density at radius 2 is 2.08 bits per heavy atom. The van der Waals surface area contributed by atoms with Crippen LogP contribution in [0.1, 0.15) is 46.0 Å². The Bertz CT molecular complexity index is 222. The number of rotatable bonds is 1. The molecular formula is C11H18O2. The Morgan fingerprint density at radius 3 is 2.54 bits per heavy atom. The quantitative estimate of drug-likeness (QED) is 0.582. The van der Waals surface area contributed by atoms with Crippen molar-refractivity contribution >= 4 is 6.29 Å². The van der Waals surface area contributed by atoms with Gasteiger partial charge in [-0.15, -0.1) is 0 Å². The van der Waals surface area contributed by atoms with Crippen molar-refractivity contribution in [3.05, 3.63) is 0 Å². The van der Waals surface area contributed by atoms with Gasteiger partial charge in [-0.2, -0.15) is 0 Å². The SMILES string of the molecule is CC1(C)CCC12CCCC(C=O)O2. The molecule has 1 saturated carbocycles. The van der Waals surface area contributed by atoms with E-state index >= 15 is 0 Å². The van der Waals surface area contributed by atoms with Gasteiger partial charge in [-0.05, 0) is 37.5 Å². The minimum absolute atomic E-state index is 0.0385. The summed E-state index contributed by atoms with van der Waals surface area (Å²) in [6.45, 7) is 4.51. The van der Waals surface area contributed by atoms with Gasteiger partial charge in [0.25, 0.3) is 0 Å². The van der Waals surface area contributed by atoms with Crippen molar-refractivity contribution in [2.45, 2.75) is 57.7 Å². The lowest BCUT2D eigenvalue weighted by Crippen LogP contribution is -2.59. The van der Waals surface area contributed by atoms with Gasteiger partial charge in [0.1, 0.15) is 12.4 Å². The van der Waals surface area contributed by atoms with Crippen molar-refractivity contribution < 1.29 is 9.53 Å². The van der Waals surface area contributed by atoms with E-state index in [2.05, 4.69) is 13.8 Å². The molecule has 13 heavy (non-hydrogen) atoms. The van der Waals surface area contributed by atoms with Crippen LogP contribution in [0.25, 0.3) is 0 Å². The van der Waals surface area contributed by atoms with Gasteiger partial charge in [-0.25, -0.2) is 0 Å². The first-order chi connectivity index (χ1) is 6.10. The van der Waals surface area contributed by atoms with Crippen molar-refractivity contribution in [1.82, 2.24) is 0 Å². The number of hydrogen-bond acceptors (Lipinski definition) is 2. The van der Waals surface area contributed by atoms with Gasteiger partial charge in [0.15, 0.2) is 0 Å². The third-order valence-electron chi connectivity index (χ3n) is 3.99. The van der Waals surface area contributed by atoms with Crippen LogP contribution in [0.5, 0.6) is 0 Å². The average Bonchev–Trinajstić information content (AvgIpc) is 2.16. The Labute approximate surface area is 79.7 Å². The summed E-state index contributed by atoms with van der Waals surface area (Å²) >= 11 is 0. The second-order valence-electron chi connectivity index (χ2n) is 5.06. The van der Waals surface area contributed by atoms with E-state index in [1.54, 1.807) is 0 Å². The number of ether oxygens (including phenoxy) is 1. The van der Waals surface area contributed by atoms with Crippen molar-refractivity contribution in [3.8, 4) is 0 Å². The van der Waals surface area contributed by atoms with E-state index in [-0.39, 0.29) is 17.1 Å². The minimum Gasteiger partial charge on any atom is -0.364 e. The average molecular weight is 182 g/mol. The molecule has 0 bridgehead atoms. The van der Waals surface area contributed by atoms with E-state index < -0.39 is 0 Å². The van der Waals surface area contributed by atoms with Crippen molar-refractivity contribution in [1.29, 1.82) is 0 Å². The molecule has 2 nitrogen and oxygen atoms in total. The van der Waals surface area contributed by atoms with Crippen LogP contribution in [0.15, 0.2) is 0 Å². The molecular weight excluding hydrogens is 164 g/mol. The number of aldehydes is 1. The normalized spacial score (nSPS) is 42.8. The van der Waals surface area contributed by atoms with Gasteiger partial charge >= 0.3 is 0 Å². The van der Waals surface area contributed by atoms with Crippen LogP contribution < -0.4 is 0 Å². The topological polar surface area (TPSA) is 26.3 Å². The fraction of sp³-hybridized carbons (Fsp3) is 0.909. The highest BCUT2D eigenvalue weighted by molar-refractivity contribution is 5.56. The lowest BCUT2D eigenvalue weighted by Gasteiger charge is -2.58. The molecule has 2 aliphatic rings. The molecule has 1 aliphatic carbocycles. The summed E-state index contributed by atoms with van der Waals surface area (Å²) in [4.78, 5) is 10.7. The number of carbonyl (C=O) groups is 1. The van der Waals surface area contributed by atoms with Crippen LogP contribution in [0.3, 0.4) is 0 Å². The maximum atomic E-state index is 10.7. The van der Waals surface area contributed by atoms with Crippen molar-refractivity contribution in [2.24, 2.45) is 5.41 Å². The highest BCUT2D eigenvalue weighted by Crippen LogP contribution is 2.56. The van der Waals surface area contributed by atoms with E-state index in [1.165, 1.54) is 6.42 Å². The zero-order chi connectivity index (χ0) is 9.53. The molecule has 1 saturated heterocycles. The summed E-state index contributed by atoms with van der Waals surface area (Å²) < 4.78 is 5.91. The third kappa shape index (κ3) is 1.23. The summed E-state index contributed by atoms with van der Waals surface area (Å²) in [6.07, 6.45) is 6.42. The number of hydrogen-bond donors (Lipinski definition) is 0. The van der Waals surface area contributed by atoms with Crippen LogP contribution in [0.2, 0.25) is 0 Å². The van der Waals surface area contributed by atoms with Gasteiger partial charge in [-0.3, -0.25) is 0 Å². The summed E-state index contributed by atoms with van der Waals surface area (Å²) in [5, 5.41) is 0.